The molecule has 0 bridgehead atoms. The molecule has 0 unspecified atom stereocenters. The molecular formula is C23H17ClN2O5. The summed E-state index contributed by atoms with van der Waals surface area (Å²) in [5.41, 5.74) is -0.408. The summed E-state index contributed by atoms with van der Waals surface area (Å²) in [5, 5.41) is 12.9. The molecule has 0 aliphatic carbocycles. The fraction of sp³-hybridized carbons (Fsp3) is 0.130. The number of fused-ring (bicyclic) bond motifs is 1. The van der Waals surface area contributed by atoms with Crippen molar-refractivity contribution in [1.29, 1.82) is 5.26 Å². The first-order valence-corrected chi connectivity index (χ1v) is 9.63. The van der Waals surface area contributed by atoms with Crippen molar-refractivity contribution in [2.75, 3.05) is 0 Å². The molecule has 0 aliphatic heterocycles. The summed E-state index contributed by atoms with van der Waals surface area (Å²) >= 11 is 5.83. The van der Waals surface area contributed by atoms with E-state index in [2.05, 4.69) is 5.32 Å². The van der Waals surface area contributed by atoms with Crippen molar-refractivity contribution in [3.8, 4) is 11.8 Å². The lowest BCUT2D eigenvalue weighted by atomic mass is 10.1. The summed E-state index contributed by atoms with van der Waals surface area (Å²) in [6.45, 7) is 3.55. The molecule has 1 heterocycles. The third-order valence-electron chi connectivity index (χ3n) is 4.10. The number of ether oxygens (including phenoxy) is 1. The highest BCUT2D eigenvalue weighted by molar-refractivity contribution is 6.30. The standard InChI is InChI=1S/C23H17ClN2O5/c1-13(2)26-21(27)19-10-15-5-8-18(11-20(15)31-23(19)29)30-22(28)16(12-25)9-14-3-6-17(24)7-4-14/h3-11,13H,1-2H3,(H,26,27)/b16-9+. The zero-order valence-electron chi connectivity index (χ0n) is 16.6. The van der Waals surface area contributed by atoms with Crippen LogP contribution in [0.3, 0.4) is 0 Å². The van der Waals surface area contributed by atoms with Crippen molar-refractivity contribution >= 4 is 40.5 Å². The topological polar surface area (TPSA) is 109 Å². The van der Waals surface area contributed by atoms with Crippen LogP contribution in [0.4, 0.5) is 0 Å². The Kier molecular flexibility index (Phi) is 6.53. The average molecular weight is 437 g/mol. The molecule has 0 radical (unpaired) electrons. The van der Waals surface area contributed by atoms with E-state index >= 15 is 0 Å². The van der Waals surface area contributed by atoms with Crippen LogP contribution in [0.2, 0.25) is 5.02 Å². The van der Waals surface area contributed by atoms with Crippen LogP contribution in [-0.4, -0.2) is 17.9 Å². The van der Waals surface area contributed by atoms with Crippen LogP contribution < -0.4 is 15.7 Å². The van der Waals surface area contributed by atoms with Crippen molar-refractivity contribution in [3.05, 3.63) is 80.7 Å². The molecule has 156 valence electrons. The molecule has 31 heavy (non-hydrogen) atoms. The molecular weight excluding hydrogens is 420 g/mol. The van der Waals surface area contributed by atoms with Gasteiger partial charge in [0.25, 0.3) is 5.91 Å². The first-order chi connectivity index (χ1) is 14.8. The molecule has 0 atom stereocenters. The minimum atomic E-state index is -0.868. The van der Waals surface area contributed by atoms with E-state index < -0.39 is 17.5 Å². The minimum absolute atomic E-state index is 0.0808. The highest BCUT2D eigenvalue weighted by Gasteiger charge is 2.16. The fourth-order valence-electron chi connectivity index (χ4n) is 2.68. The summed E-state index contributed by atoms with van der Waals surface area (Å²) in [7, 11) is 0. The highest BCUT2D eigenvalue weighted by atomic mass is 35.5. The number of hydrogen-bond acceptors (Lipinski definition) is 6. The van der Waals surface area contributed by atoms with Gasteiger partial charge in [-0.25, -0.2) is 9.59 Å². The normalized spacial score (nSPS) is 11.3. The number of benzene rings is 2. The lowest BCUT2D eigenvalue weighted by molar-refractivity contribution is -0.129. The monoisotopic (exact) mass is 436 g/mol. The fourth-order valence-corrected chi connectivity index (χ4v) is 2.80. The lowest BCUT2D eigenvalue weighted by Crippen LogP contribution is -2.33. The number of halogens is 1. The number of amides is 1. The summed E-state index contributed by atoms with van der Waals surface area (Å²) < 4.78 is 10.5. The summed E-state index contributed by atoms with van der Waals surface area (Å²) in [5.74, 6) is -1.32. The van der Waals surface area contributed by atoms with Crippen molar-refractivity contribution in [2.45, 2.75) is 19.9 Å². The van der Waals surface area contributed by atoms with Gasteiger partial charge in [-0.15, -0.1) is 0 Å². The van der Waals surface area contributed by atoms with Gasteiger partial charge >= 0.3 is 11.6 Å². The van der Waals surface area contributed by atoms with E-state index in [0.29, 0.717) is 16.0 Å². The van der Waals surface area contributed by atoms with Gasteiger partial charge in [-0.2, -0.15) is 5.26 Å². The van der Waals surface area contributed by atoms with Gasteiger partial charge in [-0.05, 0) is 55.8 Å². The van der Waals surface area contributed by atoms with E-state index in [1.54, 1.807) is 50.2 Å². The van der Waals surface area contributed by atoms with Crippen molar-refractivity contribution < 1.29 is 18.7 Å². The smallest absolute Gasteiger partial charge is 0.354 e. The maximum absolute atomic E-state index is 12.4. The Morgan fingerprint density at radius 1 is 1.16 bits per heavy atom. The molecule has 2 aromatic carbocycles. The van der Waals surface area contributed by atoms with Gasteiger partial charge in [0.2, 0.25) is 0 Å². The molecule has 3 rings (SSSR count). The van der Waals surface area contributed by atoms with Crippen LogP contribution in [0.25, 0.3) is 17.0 Å². The van der Waals surface area contributed by atoms with Gasteiger partial charge in [-0.3, -0.25) is 4.79 Å². The third-order valence-corrected chi connectivity index (χ3v) is 4.36. The zero-order chi connectivity index (χ0) is 22.5. The zero-order valence-corrected chi connectivity index (χ0v) is 17.4. The molecule has 0 spiro atoms. The molecule has 0 fully saturated rings. The average Bonchev–Trinajstić information content (AvgIpc) is 2.72. The van der Waals surface area contributed by atoms with E-state index in [4.69, 9.17) is 20.8 Å². The summed E-state index contributed by atoms with van der Waals surface area (Å²) in [6.07, 6.45) is 1.37. The molecule has 0 saturated carbocycles. The maximum atomic E-state index is 12.4. The van der Waals surface area contributed by atoms with Crippen LogP contribution in [0, 0.1) is 11.3 Å². The van der Waals surface area contributed by atoms with Gasteiger partial charge in [0, 0.05) is 22.5 Å². The first-order valence-electron chi connectivity index (χ1n) is 9.25. The van der Waals surface area contributed by atoms with Crippen molar-refractivity contribution in [1.82, 2.24) is 5.32 Å². The number of nitriles is 1. The molecule has 1 N–H and O–H groups in total. The maximum Gasteiger partial charge on any atom is 0.354 e. The number of nitrogens with zero attached hydrogens (tertiary/aromatic N) is 1. The largest absolute Gasteiger partial charge is 0.422 e. The summed E-state index contributed by atoms with van der Waals surface area (Å²) in [4.78, 5) is 36.7. The SMILES string of the molecule is CC(C)NC(=O)c1cc2ccc(OC(=O)/C(C#N)=C/c3ccc(Cl)cc3)cc2oc1=O. The van der Waals surface area contributed by atoms with Gasteiger partial charge in [0.05, 0.1) is 0 Å². The van der Waals surface area contributed by atoms with E-state index in [9.17, 15) is 19.6 Å². The van der Waals surface area contributed by atoms with Gasteiger partial charge in [-0.1, -0.05) is 23.7 Å². The number of rotatable bonds is 5. The Hall–Kier alpha value is -3.89. The predicted molar refractivity (Wildman–Crippen MR) is 116 cm³/mol. The Bertz CT molecular complexity index is 1280. The number of hydrogen-bond donors (Lipinski definition) is 1. The van der Waals surface area contributed by atoms with Gasteiger partial charge < -0.3 is 14.5 Å². The quantitative estimate of drug-likeness (QED) is 0.212. The molecule has 0 saturated heterocycles. The van der Waals surface area contributed by atoms with E-state index in [1.807, 2.05) is 0 Å². The third kappa shape index (κ3) is 5.38. The Labute approximate surface area is 182 Å². The highest BCUT2D eigenvalue weighted by Crippen LogP contribution is 2.22. The Morgan fingerprint density at radius 3 is 2.52 bits per heavy atom. The number of esters is 1. The van der Waals surface area contributed by atoms with Crippen molar-refractivity contribution in [2.24, 2.45) is 0 Å². The van der Waals surface area contributed by atoms with E-state index in [0.717, 1.165) is 0 Å². The second kappa shape index (κ2) is 9.28. The molecule has 3 aromatic rings. The van der Waals surface area contributed by atoms with Crippen LogP contribution in [0.5, 0.6) is 5.75 Å². The Morgan fingerprint density at radius 2 is 1.87 bits per heavy atom. The molecule has 8 heteroatoms. The van der Waals surface area contributed by atoms with Crippen LogP contribution in [0.1, 0.15) is 29.8 Å². The number of carbonyl (C=O) groups excluding carboxylic acids is 2. The molecule has 7 nitrogen and oxygen atoms in total. The van der Waals surface area contributed by atoms with Gasteiger partial charge in [0.1, 0.15) is 28.5 Å². The molecule has 1 aromatic heterocycles. The second-order valence-corrected chi connectivity index (χ2v) is 7.32. The van der Waals surface area contributed by atoms with Gasteiger partial charge in [0.15, 0.2) is 0 Å². The van der Waals surface area contributed by atoms with Crippen molar-refractivity contribution in [3.63, 3.8) is 0 Å². The number of nitrogens with one attached hydrogen (secondary N) is 1. The first kappa shape index (κ1) is 21.8. The molecule has 0 aliphatic rings. The Balaban J connectivity index is 1.85. The summed E-state index contributed by atoms with van der Waals surface area (Å²) in [6, 6.07) is 14.0. The molecule has 1 amide bonds. The minimum Gasteiger partial charge on any atom is -0.422 e. The second-order valence-electron chi connectivity index (χ2n) is 6.89. The predicted octanol–water partition coefficient (Wildman–Crippen LogP) is 4.10. The lowest BCUT2D eigenvalue weighted by Gasteiger charge is -2.08. The van der Waals surface area contributed by atoms with Crippen LogP contribution in [-0.2, 0) is 4.79 Å². The van der Waals surface area contributed by atoms with Crippen LogP contribution in [0.15, 0.2) is 63.3 Å². The van der Waals surface area contributed by atoms with Crippen LogP contribution >= 0.6 is 11.6 Å². The number of carbonyl (C=O) groups is 2. The van der Waals surface area contributed by atoms with E-state index in [-0.39, 0.29) is 28.5 Å². The van der Waals surface area contributed by atoms with E-state index in [1.165, 1.54) is 24.3 Å².